The summed E-state index contributed by atoms with van der Waals surface area (Å²) < 4.78 is 1.05. The highest BCUT2D eigenvalue weighted by atomic mass is 79.9. The standard InChI is InChI=1S/C14H19BrN2O/c1-10(11-5-7-12(15)8-6-11)17-14(18)13-4-2-3-9-16-13/h5-8,10,13,16H,2-4,9H2,1H3,(H,17,18)/t10-,13?/m1/s1. The topological polar surface area (TPSA) is 41.1 Å². The summed E-state index contributed by atoms with van der Waals surface area (Å²) in [5, 5.41) is 6.33. The van der Waals surface area contributed by atoms with Crippen LogP contribution in [-0.4, -0.2) is 18.5 Å². The van der Waals surface area contributed by atoms with E-state index in [2.05, 4.69) is 26.6 Å². The van der Waals surface area contributed by atoms with Crippen LogP contribution in [-0.2, 0) is 4.79 Å². The van der Waals surface area contributed by atoms with Gasteiger partial charge in [-0.3, -0.25) is 4.79 Å². The number of carbonyl (C=O) groups is 1. The predicted molar refractivity (Wildman–Crippen MR) is 76.3 cm³/mol. The molecule has 1 aromatic rings. The molecule has 0 spiro atoms. The van der Waals surface area contributed by atoms with Crippen LogP contribution in [0.2, 0.25) is 0 Å². The molecule has 0 aliphatic carbocycles. The summed E-state index contributed by atoms with van der Waals surface area (Å²) in [5.74, 6) is 0.116. The third-order valence-corrected chi connectivity index (χ3v) is 3.88. The van der Waals surface area contributed by atoms with Gasteiger partial charge in [0.05, 0.1) is 12.1 Å². The molecule has 1 aliphatic rings. The summed E-state index contributed by atoms with van der Waals surface area (Å²) in [7, 11) is 0. The number of halogens is 1. The van der Waals surface area contributed by atoms with Crippen LogP contribution in [0.15, 0.2) is 28.7 Å². The van der Waals surface area contributed by atoms with Crippen molar-refractivity contribution in [3.63, 3.8) is 0 Å². The Bertz CT molecular complexity index is 399. The van der Waals surface area contributed by atoms with E-state index in [0.717, 1.165) is 29.4 Å². The van der Waals surface area contributed by atoms with E-state index in [4.69, 9.17) is 0 Å². The van der Waals surface area contributed by atoms with Gasteiger partial charge in [0.2, 0.25) is 5.91 Å². The second-order valence-electron chi connectivity index (χ2n) is 4.78. The molecule has 18 heavy (non-hydrogen) atoms. The predicted octanol–water partition coefficient (Wildman–Crippen LogP) is 2.77. The van der Waals surface area contributed by atoms with Crippen LogP contribution in [0, 0.1) is 0 Å². The zero-order chi connectivity index (χ0) is 13.0. The second-order valence-corrected chi connectivity index (χ2v) is 5.70. The van der Waals surface area contributed by atoms with Gasteiger partial charge < -0.3 is 10.6 Å². The van der Waals surface area contributed by atoms with Crippen molar-refractivity contribution >= 4 is 21.8 Å². The van der Waals surface area contributed by atoms with E-state index in [-0.39, 0.29) is 18.0 Å². The highest BCUT2D eigenvalue weighted by molar-refractivity contribution is 9.10. The smallest absolute Gasteiger partial charge is 0.237 e. The Balaban J connectivity index is 1.91. The maximum atomic E-state index is 12.1. The number of nitrogens with one attached hydrogen (secondary N) is 2. The lowest BCUT2D eigenvalue weighted by Crippen LogP contribution is -2.47. The van der Waals surface area contributed by atoms with Gasteiger partial charge in [-0.1, -0.05) is 34.5 Å². The molecule has 0 saturated carbocycles. The molecule has 1 amide bonds. The molecule has 2 N–H and O–H groups in total. The van der Waals surface area contributed by atoms with Crippen molar-refractivity contribution in [2.24, 2.45) is 0 Å². The van der Waals surface area contributed by atoms with Crippen LogP contribution in [0.3, 0.4) is 0 Å². The van der Waals surface area contributed by atoms with E-state index in [1.54, 1.807) is 0 Å². The third-order valence-electron chi connectivity index (χ3n) is 3.36. The summed E-state index contributed by atoms with van der Waals surface area (Å²) in [6.07, 6.45) is 3.25. The summed E-state index contributed by atoms with van der Waals surface area (Å²) in [4.78, 5) is 12.1. The highest BCUT2D eigenvalue weighted by Crippen LogP contribution is 2.17. The van der Waals surface area contributed by atoms with Crippen LogP contribution in [0.25, 0.3) is 0 Å². The SMILES string of the molecule is C[C@@H](NC(=O)C1CCCCN1)c1ccc(Br)cc1. The molecular weight excluding hydrogens is 292 g/mol. The largest absolute Gasteiger partial charge is 0.348 e. The maximum absolute atomic E-state index is 12.1. The molecule has 2 atom stereocenters. The molecule has 2 rings (SSSR count). The van der Waals surface area contributed by atoms with Gasteiger partial charge in [0, 0.05) is 4.47 Å². The molecule has 1 fully saturated rings. The average Bonchev–Trinajstić information content (AvgIpc) is 2.40. The van der Waals surface area contributed by atoms with Crippen molar-refractivity contribution in [2.75, 3.05) is 6.54 Å². The number of benzene rings is 1. The van der Waals surface area contributed by atoms with E-state index >= 15 is 0 Å². The van der Waals surface area contributed by atoms with Crippen LogP contribution < -0.4 is 10.6 Å². The van der Waals surface area contributed by atoms with Crippen LogP contribution in [0.4, 0.5) is 0 Å². The van der Waals surface area contributed by atoms with Gasteiger partial charge in [-0.05, 0) is 44.0 Å². The Hall–Kier alpha value is -0.870. The minimum atomic E-state index is -0.0170. The fourth-order valence-electron chi connectivity index (χ4n) is 2.22. The lowest BCUT2D eigenvalue weighted by Gasteiger charge is -2.24. The molecule has 1 aromatic carbocycles. The number of rotatable bonds is 3. The first-order chi connectivity index (χ1) is 8.66. The van der Waals surface area contributed by atoms with Gasteiger partial charge >= 0.3 is 0 Å². The third kappa shape index (κ3) is 3.56. The molecule has 1 aliphatic heterocycles. The zero-order valence-corrected chi connectivity index (χ0v) is 12.2. The number of hydrogen-bond acceptors (Lipinski definition) is 2. The fraction of sp³-hybridized carbons (Fsp3) is 0.500. The summed E-state index contributed by atoms with van der Waals surface area (Å²) in [5.41, 5.74) is 1.13. The van der Waals surface area contributed by atoms with Gasteiger partial charge in [-0.2, -0.15) is 0 Å². The Morgan fingerprint density at radius 3 is 2.72 bits per heavy atom. The van der Waals surface area contributed by atoms with Crippen molar-refractivity contribution < 1.29 is 4.79 Å². The number of hydrogen-bond donors (Lipinski definition) is 2. The lowest BCUT2D eigenvalue weighted by molar-refractivity contribution is -0.124. The van der Waals surface area contributed by atoms with Crippen LogP contribution in [0.5, 0.6) is 0 Å². The van der Waals surface area contributed by atoms with Crippen molar-refractivity contribution in [1.82, 2.24) is 10.6 Å². The minimum Gasteiger partial charge on any atom is -0.348 e. The fourth-order valence-corrected chi connectivity index (χ4v) is 2.49. The summed E-state index contributed by atoms with van der Waals surface area (Å²) in [6.45, 7) is 2.97. The zero-order valence-electron chi connectivity index (χ0n) is 10.6. The molecule has 1 unspecified atom stereocenters. The van der Waals surface area contributed by atoms with Crippen molar-refractivity contribution in [1.29, 1.82) is 0 Å². The molecular formula is C14H19BrN2O. The van der Waals surface area contributed by atoms with Crippen LogP contribution in [0.1, 0.15) is 37.8 Å². The number of carbonyl (C=O) groups excluding carboxylic acids is 1. The monoisotopic (exact) mass is 310 g/mol. The van der Waals surface area contributed by atoms with Crippen molar-refractivity contribution in [2.45, 2.75) is 38.3 Å². The van der Waals surface area contributed by atoms with Gasteiger partial charge in [-0.25, -0.2) is 0 Å². The molecule has 0 bridgehead atoms. The molecule has 1 saturated heterocycles. The molecule has 98 valence electrons. The Kier molecular flexibility index (Phi) is 4.78. The van der Waals surface area contributed by atoms with Crippen LogP contribution >= 0.6 is 15.9 Å². The van der Waals surface area contributed by atoms with Gasteiger partial charge in [-0.15, -0.1) is 0 Å². The molecule has 3 nitrogen and oxygen atoms in total. The van der Waals surface area contributed by atoms with Gasteiger partial charge in [0.15, 0.2) is 0 Å². The number of amides is 1. The summed E-state index contributed by atoms with van der Waals surface area (Å²) in [6, 6.07) is 8.09. The first-order valence-electron chi connectivity index (χ1n) is 6.46. The maximum Gasteiger partial charge on any atom is 0.237 e. The van der Waals surface area contributed by atoms with E-state index in [1.807, 2.05) is 31.2 Å². The van der Waals surface area contributed by atoms with Gasteiger partial charge in [0.25, 0.3) is 0 Å². The molecule has 0 aromatic heterocycles. The average molecular weight is 311 g/mol. The first-order valence-corrected chi connectivity index (χ1v) is 7.25. The number of piperidine rings is 1. The Labute approximate surface area is 116 Å². The van der Waals surface area contributed by atoms with Crippen molar-refractivity contribution in [3.05, 3.63) is 34.3 Å². The van der Waals surface area contributed by atoms with E-state index in [0.29, 0.717) is 0 Å². The van der Waals surface area contributed by atoms with Crippen molar-refractivity contribution in [3.8, 4) is 0 Å². The molecule has 1 heterocycles. The minimum absolute atomic E-state index is 0.0170. The normalized spacial score (nSPS) is 21.3. The second kappa shape index (κ2) is 6.34. The summed E-state index contributed by atoms with van der Waals surface area (Å²) >= 11 is 3.41. The first kappa shape index (κ1) is 13.6. The highest BCUT2D eigenvalue weighted by Gasteiger charge is 2.21. The molecule has 0 radical (unpaired) electrons. The lowest BCUT2D eigenvalue weighted by atomic mass is 10.0. The molecule has 4 heteroatoms. The quantitative estimate of drug-likeness (QED) is 0.901. The van der Waals surface area contributed by atoms with E-state index < -0.39 is 0 Å². The van der Waals surface area contributed by atoms with E-state index in [1.165, 1.54) is 6.42 Å². The Morgan fingerprint density at radius 2 is 2.11 bits per heavy atom. The van der Waals surface area contributed by atoms with Gasteiger partial charge in [0.1, 0.15) is 0 Å². The Morgan fingerprint density at radius 1 is 1.39 bits per heavy atom. The van der Waals surface area contributed by atoms with E-state index in [9.17, 15) is 4.79 Å².